The van der Waals surface area contributed by atoms with E-state index in [-0.39, 0.29) is 28.8 Å². The van der Waals surface area contributed by atoms with Crippen LogP contribution in [0.3, 0.4) is 0 Å². The highest BCUT2D eigenvalue weighted by molar-refractivity contribution is 7.07. The van der Waals surface area contributed by atoms with Crippen LogP contribution in [0.25, 0.3) is 6.08 Å². The third-order valence-electron chi connectivity index (χ3n) is 6.57. The maximum absolute atomic E-state index is 13.9. The van der Waals surface area contributed by atoms with Crippen molar-refractivity contribution in [3.63, 3.8) is 0 Å². The van der Waals surface area contributed by atoms with Crippen molar-refractivity contribution in [1.82, 2.24) is 4.57 Å². The van der Waals surface area contributed by atoms with Crippen LogP contribution in [0.5, 0.6) is 11.5 Å². The molecule has 1 aliphatic heterocycles. The highest BCUT2D eigenvalue weighted by Gasteiger charge is 2.33. The van der Waals surface area contributed by atoms with E-state index in [0.29, 0.717) is 42.7 Å². The Hall–Kier alpha value is -3.56. The van der Waals surface area contributed by atoms with Gasteiger partial charge in [-0.15, -0.1) is 0 Å². The fourth-order valence-electron chi connectivity index (χ4n) is 4.71. The van der Waals surface area contributed by atoms with E-state index in [1.807, 2.05) is 42.5 Å². The second kappa shape index (κ2) is 12.8. The normalized spacial score (nSPS) is 14.8. The number of thiazole rings is 1. The fraction of sp³-hybridized carbons (Fsp3) is 0.194. The molecule has 0 saturated heterocycles. The van der Waals surface area contributed by atoms with Gasteiger partial charge in [-0.2, -0.15) is 0 Å². The summed E-state index contributed by atoms with van der Waals surface area (Å²) in [6.07, 6.45) is 1.78. The molecule has 2 heterocycles. The van der Waals surface area contributed by atoms with Gasteiger partial charge in [0.2, 0.25) is 0 Å². The molecule has 1 atom stereocenters. The van der Waals surface area contributed by atoms with Crippen LogP contribution in [0, 0.1) is 0 Å². The van der Waals surface area contributed by atoms with Crippen molar-refractivity contribution in [2.45, 2.75) is 26.5 Å². The van der Waals surface area contributed by atoms with Crippen LogP contribution in [-0.4, -0.2) is 24.3 Å². The molecule has 1 aliphatic rings. The number of halogens is 3. The van der Waals surface area contributed by atoms with Crippen LogP contribution < -0.4 is 24.4 Å². The molecule has 0 radical (unpaired) electrons. The van der Waals surface area contributed by atoms with E-state index < -0.39 is 12.0 Å². The van der Waals surface area contributed by atoms with Crippen LogP contribution in [0.1, 0.15) is 36.6 Å². The van der Waals surface area contributed by atoms with Crippen molar-refractivity contribution in [3.8, 4) is 11.5 Å². The maximum Gasteiger partial charge on any atom is 0.338 e. The van der Waals surface area contributed by atoms with E-state index in [1.54, 1.807) is 49.8 Å². The second-order valence-electron chi connectivity index (χ2n) is 9.27. The average Bonchev–Trinajstić information content (AvgIpc) is 3.26. The quantitative estimate of drug-likeness (QED) is 0.209. The Morgan fingerprint density at radius 2 is 1.79 bits per heavy atom. The van der Waals surface area contributed by atoms with Crippen molar-refractivity contribution in [3.05, 3.63) is 123 Å². The first-order valence-corrected chi connectivity index (χ1v) is 14.9. The molecule has 42 heavy (non-hydrogen) atoms. The molecule has 0 saturated carbocycles. The molecule has 4 aromatic rings. The Bertz CT molecular complexity index is 1860. The zero-order valence-corrected chi connectivity index (χ0v) is 25.9. The third-order valence-corrected chi connectivity index (χ3v) is 8.33. The van der Waals surface area contributed by atoms with E-state index in [0.717, 1.165) is 11.1 Å². The van der Waals surface area contributed by atoms with Gasteiger partial charge in [-0.05, 0) is 55.3 Å². The van der Waals surface area contributed by atoms with Gasteiger partial charge in [-0.1, -0.05) is 82.5 Å². The Morgan fingerprint density at radius 3 is 2.45 bits per heavy atom. The number of aromatic nitrogens is 1. The lowest BCUT2D eigenvalue weighted by molar-refractivity contribution is -0.139. The Balaban J connectivity index is 1.56. The molecule has 0 bridgehead atoms. The smallest absolute Gasteiger partial charge is 0.338 e. The Labute approximate surface area is 260 Å². The number of ether oxygens (including phenoxy) is 3. The first-order chi connectivity index (χ1) is 20.2. The zero-order valence-electron chi connectivity index (χ0n) is 22.8. The summed E-state index contributed by atoms with van der Waals surface area (Å²) in [7, 11) is 1.56. The molecule has 3 aromatic carbocycles. The molecular formula is C31H25Cl3N2O5S. The van der Waals surface area contributed by atoms with Gasteiger partial charge in [0.05, 0.1) is 45.6 Å². The number of hydrogen-bond donors (Lipinski definition) is 0. The van der Waals surface area contributed by atoms with Crippen molar-refractivity contribution in [2.75, 3.05) is 13.7 Å². The van der Waals surface area contributed by atoms with Crippen molar-refractivity contribution in [2.24, 2.45) is 4.99 Å². The van der Waals surface area contributed by atoms with Crippen LogP contribution >= 0.6 is 46.1 Å². The van der Waals surface area contributed by atoms with E-state index in [9.17, 15) is 9.59 Å². The third kappa shape index (κ3) is 5.99. The highest BCUT2D eigenvalue weighted by Crippen LogP contribution is 2.37. The lowest BCUT2D eigenvalue weighted by Gasteiger charge is -2.24. The second-order valence-corrected chi connectivity index (χ2v) is 11.5. The molecule has 5 rings (SSSR count). The first-order valence-electron chi connectivity index (χ1n) is 12.9. The Morgan fingerprint density at radius 1 is 1.07 bits per heavy atom. The molecule has 11 heteroatoms. The number of methoxy groups -OCH3 is 1. The molecule has 7 nitrogen and oxygen atoms in total. The van der Waals surface area contributed by atoms with Crippen LogP contribution in [-0.2, 0) is 16.1 Å². The van der Waals surface area contributed by atoms with Gasteiger partial charge in [0.15, 0.2) is 10.6 Å². The van der Waals surface area contributed by atoms with Crippen LogP contribution in [0.15, 0.2) is 81.7 Å². The minimum Gasteiger partial charge on any atom is -0.496 e. The lowest BCUT2D eigenvalue weighted by Crippen LogP contribution is -2.39. The number of benzene rings is 3. The fourth-order valence-corrected chi connectivity index (χ4v) is 6.68. The number of hydrogen-bond acceptors (Lipinski definition) is 7. The number of carbonyl (C=O) groups is 1. The van der Waals surface area contributed by atoms with E-state index >= 15 is 0 Å². The van der Waals surface area contributed by atoms with Gasteiger partial charge in [0.25, 0.3) is 5.56 Å². The van der Waals surface area contributed by atoms with Gasteiger partial charge in [-0.3, -0.25) is 9.36 Å². The summed E-state index contributed by atoms with van der Waals surface area (Å²) >= 11 is 19.8. The number of fused-ring (bicyclic) bond motifs is 1. The SMILES string of the molecule is CCOC(=O)C1=C(C)N=c2s/c(=C\c3ccc(OC)c(COc4c(Cl)cc(Cl)cc4Cl)c3)c(=O)n2C1c1ccccc1. The molecule has 216 valence electrons. The minimum absolute atomic E-state index is 0.100. The van der Waals surface area contributed by atoms with Gasteiger partial charge in [0.1, 0.15) is 12.4 Å². The summed E-state index contributed by atoms with van der Waals surface area (Å²) in [6.45, 7) is 3.81. The van der Waals surface area contributed by atoms with Crippen molar-refractivity contribution in [1.29, 1.82) is 0 Å². The summed E-state index contributed by atoms with van der Waals surface area (Å²) in [5, 5.41) is 0.973. The predicted octanol–water partition coefficient (Wildman–Crippen LogP) is 6.35. The largest absolute Gasteiger partial charge is 0.496 e. The molecule has 0 N–H and O–H groups in total. The molecular weight excluding hydrogens is 619 g/mol. The molecule has 0 fully saturated rings. The summed E-state index contributed by atoms with van der Waals surface area (Å²) in [5.41, 5.74) is 2.82. The summed E-state index contributed by atoms with van der Waals surface area (Å²) in [4.78, 5) is 32.0. The van der Waals surface area contributed by atoms with E-state index in [1.165, 1.54) is 11.3 Å². The average molecular weight is 644 g/mol. The van der Waals surface area contributed by atoms with Gasteiger partial charge in [0, 0.05) is 10.6 Å². The lowest BCUT2D eigenvalue weighted by atomic mass is 9.96. The molecule has 0 spiro atoms. The van der Waals surface area contributed by atoms with Crippen LogP contribution in [0.4, 0.5) is 0 Å². The van der Waals surface area contributed by atoms with Gasteiger partial charge in [-0.25, -0.2) is 9.79 Å². The zero-order chi connectivity index (χ0) is 30.0. The number of esters is 1. The van der Waals surface area contributed by atoms with Gasteiger partial charge >= 0.3 is 5.97 Å². The number of carbonyl (C=O) groups excluding carboxylic acids is 1. The molecule has 1 aromatic heterocycles. The van der Waals surface area contributed by atoms with E-state index in [2.05, 4.69) is 4.99 Å². The topological polar surface area (TPSA) is 79.1 Å². The predicted molar refractivity (Wildman–Crippen MR) is 166 cm³/mol. The number of nitrogens with zero attached hydrogens (tertiary/aromatic N) is 2. The summed E-state index contributed by atoms with van der Waals surface area (Å²) in [5.74, 6) is 0.397. The van der Waals surface area contributed by atoms with Crippen LogP contribution in [0.2, 0.25) is 15.1 Å². The first kappa shape index (κ1) is 29.9. The standard InChI is InChI=1S/C31H25Cl3N2O5S/c1-4-40-30(38)26-17(2)35-31-36(27(26)19-8-6-5-7-9-19)29(37)25(42-31)13-18-10-11-24(39-3)20(12-18)16-41-28-22(33)14-21(32)15-23(28)34/h5-15,27H,4,16H2,1-3H3/b25-13-. The van der Waals surface area contributed by atoms with Crippen molar-refractivity contribution >= 4 is 58.2 Å². The number of rotatable bonds is 8. The summed E-state index contributed by atoms with van der Waals surface area (Å²) in [6, 6.07) is 17.3. The van der Waals surface area contributed by atoms with E-state index in [4.69, 9.17) is 49.0 Å². The molecule has 1 unspecified atom stereocenters. The molecule has 0 amide bonds. The van der Waals surface area contributed by atoms with Crippen molar-refractivity contribution < 1.29 is 19.0 Å². The Kier molecular flexibility index (Phi) is 9.08. The number of allylic oxidation sites excluding steroid dienone is 1. The van der Waals surface area contributed by atoms with Gasteiger partial charge < -0.3 is 14.2 Å². The molecule has 0 aliphatic carbocycles. The summed E-state index contributed by atoms with van der Waals surface area (Å²) < 4.78 is 18.8. The monoisotopic (exact) mass is 642 g/mol. The maximum atomic E-state index is 13.9. The highest BCUT2D eigenvalue weighted by atomic mass is 35.5. The minimum atomic E-state index is -0.669.